The number of benzene rings is 4. The van der Waals surface area contributed by atoms with Gasteiger partial charge in [0.1, 0.15) is 33.8 Å². The predicted molar refractivity (Wildman–Crippen MR) is 170 cm³/mol. The molecule has 0 aliphatic rings. The molecule has 8 rings (SSSR count). The Kier molecular flexibility index (Phi) is 5.56. The lowest BCUT2D eigenvalue weighted by Crippen LogP contribution is -2.21. The number of hydrogen-bond donors (Lipinski definition) is 0. The van der Waals surface area contributed by atoms with Gasteiger partial charge in [-0.15, -0.1) is 0 Å². The standard InChI is InChI=1S/C36H25NO6/c1-3-37(4-2)21-14-13-20-15-27(35(38)42-29(20)16-21)30-18-32-33(40-30)19-31(41-32)28-17-26-24-11-6-5-9-22(24)23-10-7-8-12-25(23)34(26)43-36(28)39/h5-19H,3-4H2,1-2H3. The molecule has 43 heavy (non-hydrogen) atoms. The summed E-state index contributed by atoms with van der Waals surface area (Å²) in [4.78, 5) is 28.4. The molecule has 0 aliphatic heterocycles. The molecular weight excluding hydrogens is 542 g/mol. The van der Waals surface area contributed by atoms with E-state index in [1.54, 1.807) is 18.2 Å². The summed E-state index contributed by atoms with van der Waals surface area (Å²) in [6, 6.07) is 28.7. The van der Waals surface area contributed by atoms with E-state index < -0.39 is 11.3 Å². The first-order valence-corrected chi connectivity index (χ1v) is 14.3. The van der Waals surface area contributed by atoms with Crippen LogP contribution < -0.4 is 16.2 Å². The van der Waals surface area contributed by atoms with Crippen LogP contribution in [0.3, 0.4) is 0 Å². The van der Waals surface area contributed by atoms with Crippen molar-refractivity contribution in [1.29, 1.82) is 0 Å². The lowest BCUT2D eigenvalue weighted by atomic mass is 9.97. The number of furan rings is 2. The molecule has 0 aliphatic carbocycles. The predicted octanol–water partition coefficient (Wildman–Crippen LogP) is 8.73. The van der Waals surface area contributed by atoms with Crippen LogP contribution in [0.15, 0.2) is 118 Å². The topological polar surface area (TPSA) is 89.9 Å². The van der Waals surface area contributed by atoms with Crippen LogP contribution in [-0.4, -0.2) is 13.1 Å². The van der Waals surface area contributed by atoms with Crippen molar-refractivity contribution in [3.8, 4) is 22.6 Å². The zero-order valence-corrected chi connectivity index (χ0v) is 23.5. The Morgan fingerprint density at radius 1 is 0.535 bits per heavy atom. The highest BCUT2D eigenvalue weighted by Gasteiger charge is 2.20. The first kappa shape index (κ1) is 25.2. The third kappa shape index (κ3) is 3.89. The number of anilines is 1. The van der Waals surface area contributed by atoms with Crippen molar-refractivity contribution < 1.29 is 17.7 Å². The highest BCUT2D eigenvalue weighted by Crippen LogP contribution is 2.38. The minimum Gasteiger partial charge on any atom is -0.452 e. The van der Waals surface area contributed by atoms with Crippen molar-refractivity contribution in [2.45, 2.75) is 13.8 Å². The van der Waals surface area contributed by atoms with E-state index in [-0.39, 0.29) is 5.56 Å². The van der Waals surface area contributed by atoms with Crippen LogP contribution in [0.4, 0.5) is 5.69 Å². The zero-order valence-electron chi connectivity index (χ0n) is 23.5. The summed E-state index contributed by atoms with van der Waals surface area (Å²) in [6.45, 7) is 5.88. The van der Waals surface area contributed by atoms with Crippen molar-refractivity contribution in [2.75, 3.05) is 18.0 Å². The van der Waals surface area contributed by atoms with Crippen LogP contribution in [0.1, 0.15) is 13.8 Å². The van der Waals surface area contributed by atoms with Gasteiger partial charge in [0.15, 0.2) is 11.2 Å². The summed E-state index contributed by atoms with van der Waals surface area (Å²) in [6.07, 6.45) is 0. The van der Waals surface area contributed by atoms with Crippen LogP contribution >= 0.6 is 0 Å². The summed E-state index contributed by atoms with van der Waals surface area (Å²) < 4.78 is 23.7. The van der Waals surface area contributed by atoms with Gasteiger partial charge in [-0.25, -0.2) is 9.59 Å². The van der Waals surface area contributed by atoms with E-state index >= 15 is 0 Å². The number of fused-ring (bicyclic) bond motifs is 8. The average Bonchev–Trinajstić information content (AvgIpc) is 3.61. The molecule has 4 heterocycles. The molecule has 8 aromatic rings. The van der Waals surface area contributed by atoms with Gasteiger partial charge in [-0.1, -0.05) is 48.5 Å². The molecule has 210 valence electrons. The van der Waals surface area contributed by atoms with Gasteiger partial charge in [0.2, 0.25) is 0 Å². The fourth-order valence-corrected chi connectivity index (χ4v) is 6.07. The molecule has 0 spiro atoms. The maximum absolute atomic E-state index is 13.3. The molecule has 7 nitrogen and oxygen atoms in total. The second-order valence-corrected chi connectivity index (χ2v) is 10.6. The fraction of sp³-hybridized carbons (Fsp3) is 0.111. The van der Waals surface area contributed by atoms with Crippen molar-refractivity contribution >= 4 is 60.3 Å². The number of nitrogens with zero attached hydrogens (tertiary/aromatic N) is 1. The minimum absolute atomic E-state index is 0.287. The highest BCUT2D eigenvalue weighted by molar-refractivity contribution is 6.23. The van der Waals surface area contributed by atoms with E-state index in [4.69, 9.17) is 17.7 Å². The monoisotopic (exact) mass is 567 g/mol. The zero-order chi connectivity index (χ0) is 29.2. The van der Waals surface area contributed by atoms with E-state index in [1.165, 1.54) is 0 Å². The Hall–Kier alpha value is -5.56. The Morgan fingerprint density at radius 3 is 1.74 bits per heavy atom. The molecule has 4 aromatic carbocycles. The third-order valence-electron chi connectivity index (χ3n) is 8.21. The van der Waals surface area contributed by atoms with Gasteiger partial charge in [-0.2, -0.15) is 0 Å². The molecule has 7 heteroatoms. The quantitative estimate of drug-likeness (QED) is 0.152. The van der Waals surface area contributed by atoms with Gasteiger partial charge < -0.3 is 22.6 Å². The van der Waals surface area contributed by atoms with Crippen LogP contribution in [0, 0.1) is 0 Å². The molecule has 0 fully saturated rings. The van der Waals surface area contributed by atoms with Crippen LogP contribution in [-0.2, 0) is 0 Å². The molecule has 0 N–H and O–H groups in total. The lowest BCUT2D eigenvalue weighted by molar-refractivity contribution is 0.555. The normalized spacial score (nSPS) is 11.9. The van der Waals surface area contributed by atoms with Gasteiger partial charge in [0.25, 0.3) is 0 Å². The van der Waals surface area contributed by atoms with Gasteiger partial charge in [-0.3, -0.25) is 0 Å². The summed E-state index contributed by atoms with van der Waals surface area (Å²) in [5.41, 5.74) is 2.42. The fourth-order valence-electron chi connectivity index (χ4n) is 6.07. The summed E-state index contributed by atoms with van der Waals surface area (Å²) in [5.74, 6) is 0.648. The van der Waals surface area contributed by atoms with Crippen molar-refractivity contribution in [3.05, 3.63) is 112 Å². The SMILES string of the molecule is CCN(CC)c1ccc2cc(-c3cc4oc(-c5cc6c7ccccc7c7ccccc7c6oc5=O)cc4o3)c(=O)oc2c1. The summed E-state index contributed by atoms with van der Waals surface area (Å²) in [7, 11) is 0. The van der Waals surface area contributed by atoms with Crippen molar-refractivity contribution in [2.24, 2.45) is 0 Å². The van der Waals surface area contributed by atoms with E-state index in [1.807, 2.05) is 66.7 Å². The van der Waals surface area contributed by atoms with Gasteiger partial charge in [0, 0.05) is 53.1 Å². The highest BCUT2D eigenvalue weighted by atomic mass is 16.4. The second-order valence-electron chi connectivity index (χ2n) is 10.6. The Balaban J connectivity index is 1.22. The molecule has 0 unspecified atom stereocenters. The molecule has 0 radical (unpaired) electrons. The first-order chi connectivity index (χ1) is 21.0. The van der Waals surface area contributed by atoms with Crippen molar-refractivity contribution in [1.82, 2.24) is 0 Å². The number of rotatable bonds is 5. The third-order valence-corrected chi connectivity index (χ3v) is 8.21. The lowest BCUT2D eigenvalue weighted by Gasteiger charge is -2.20. The van der Waals surface area contributed by atoms with Gasteiger partial charge in [0.05, 0.1) is 0 Å². The molecule has 0 bridgehead atoms. The minimum atomic E-state index is -0.510. The number of hydrogen-bond acceptors (Lipinski definition) is 7. The molecule has 4 aromatic heterocycles. The van der Waals surface area contributed by atoms with Crippen LogP contribution in [0.25, 0.3) is 77.3 Å². The molecule has 0 saturated heterocycles. The van der Waals surface area contributed by atoms with E-state index in [2.05, 4.69) is 24.8 Å². The van der Waals surface area contributed by atoms with Gasteiger partial charge in [-0.05, 0) is 54.3 Å². The molecular formula is C36H25NO6. The van der Waals surface area contributed by atoms with E-state index in [0.29, 0.717) is 39.4 Å². The first-order valence-electron chi connectivity index (χ1n) is 14.3. The van der Waals surface area contributed by atoms with E-state index in [0.717, 1.165) is 51.1 Å². The Labute approximate surface area is 244 Å². The second kappa shape index (κ2) is 9.49. The van der Waals surface area contributed by atoms with Crippen LogP contribution in [0.5, 0.6) is 0 Å². The smallest absolute Gasteiger partial charge is 0.347 e. The molecule has 0 saturated carbocycles. The Bertz CT molecular complexity index is 2460. The maximum Gasteiger partial charge on any atom is 0.347 e. The Morgan fingerprint density at radius 2 is 1.09 bits per heavy atom. The summed E-state index contributed by atoms with van der Waals surface area (Å²) >= 11 is 0. The summed E-state index contributed by atoms with van der Waals surface area (Å²) in [5, 5.41) is 5.54. The molecule has 0 amide bonds. The van der Waals surface area contributed by atoms with Crippen LogP contribution in [0.2, 0.25) is 0 Å². The van der Waals surface area contributed by atoms with Crippen molar-refractivity contribution in [3.63, 3.8) is 0 Å². The average molecular weight is 568 g/mol. The largest absolute Gasteiger partial charge is 0.452 e. The molecule has 0 atom stereocenters. The maximum atomic E-state index is 13.3. The van der Waals surface area contributed by atoms with Gasteiger partial charge >= 0.3 is 11.3 Å². The van der Waals surface area contributed by atoms with E-state index in [9.17, 15) is 9.59 Å².